The summed E-state index contributed by atoms with van der Waals surface area (Å²) in [7, 11) is -1.84. The third kappa shape index (κ3) is 3.55. The van der Waals surface area contributed by atoms with Crippen LogP contribution < -0.4 is 10.0 Å². The van der Waals surface area contributed by atoms with Crippen molar-refractivity contribution in [1.29, 1.82) is 0 Å². The van der Waals surface area contributed by atoms with E-state index >= 15 is 0 Å². The highest BCUT2D eigenvalue weighted by molar-refractivity contribution is 7.89. The summed E-state index contributed by atoms with van der Waals surface area (Å²) in [5, 5.41) is 2.82. The van der Waals surface area contributed by atoms with Gasteiger partial charge in [0, 0.05) is 25.9 Å². The fraction of sp³-hybridized carbons (Fsp3) is 0.214. The smallest absolute Gasteiger partial charge is 0.241 e. The number of aryl methyl sites for hydroxylation is 1. The summed E-state index contributed by atoms with van der Waals surface area (Å²) >= 11 is 0. The molecule has 1 heterocycles. The number of hydrogen-bond donors (Lipinski definition) is 2. The van der Waals surface area contributed by atoms with Gasteiger partial charge in [-0.2, -0.15) is 0 Å². The van der Waals surface area contributed by atoms with E-state index in [1.165, 1.54) is 18.3 Å². The molecule has 0 spiro atoms. The summed E-state index contributed by atoms with van der Waals surface area (Å²) in [5.41, 5.74) is 2.06. The lowest BCUT2D eigenvalue weighted by atomic mass is 10.2. The third-order valence-corrected chi connectivity index (χ3v) is 4.28. The topological polar surface area (TPSA) is 71.1 Å². The fourth-order valence-corrected chi connectivity index (χ4v) is 2.71. The van der Waals surface area contributed by atoms with Gasteiger partial charge < -0.3 is 5.32 Å². The Bertz CT molecular complexity index is 682. The standard InChI is InChI=1S/C14H17N3O2S/c1-11-3-5-12(6-4-11)10-17-20(18,19)13-7-8-16-14(9-13)15-2/h3-9,17H,10H2,1-2H3,(H,15,16). The maximum atomic E-state index is 12.2. The van der Waals surface area contributed by atoms with E-state index in [0.717, 1.165) is 11.1 Å². The van der Waals surface area contributed by atoms with Gasteiger partial charge in [0.15, 0.2) is 0 Å². The largest absolute Gasteiger partial charge is 0.373 e. The van der Waals surface area contributed by atoms with Gasteiger partial charge in [-0.25, -0.2) is 18.1 Å². The fourth-order valence-electron chi connectivity index (χ4n) is 1.68. The first-order chi connectivity index (χ1) is 9.51. The minimum atomic E-state index is -3.53. The Morgan fingerprint density at radius 1 is 1.15 bits per heavy atom. The highest BCUT2D eigenvalue weighted by Gasteiger charge is 2.14. The summed E-state index contributed by atoms with van der Waals surface area (Å²) in [4.78, 5) is 4.19. The minimum absolute atomic E-state index is 0.198. The molecule has 0 fully saturated rings. The van der Waals surface area contributed by atoms with Gasteiger partial charge >= 0.3 is 0 Å². The molecule has 0 atom stereocenters. The van der Waals surface area contributed by atoms with E-state index in [0.29, 0.717) is 5.82 Å². The maximum absolute atomic E-state index is 12.2. The predicted molar refractivity (Wildman–Crippen MR) is 79.0 cm³/mol. The van der Waals surface area contributed by atoms with Crippen LogP contribution in [0.15, 0.2) is 47.5 Å². The van der Waals surface area contributed by atoms with Crippen LogP contribution in [-0.4, -0.2) is 20.4 Å². The van der Waals surface area contributed by atoms with Crippen LogP contribution >= 0.6 is 0 Å². The van der Waals surface area contributed by atoms with Gasteiger partial charge in [-0.1, -0.05) is 29.8 Å². The Hall–Kier alpha value is -1.92. The number of nitrogens with zero attached hydrogens (tertiary/aromatic N) is 1. The van der Waals surface area contributed by atoms with Gasteiger partial charge in [0.1, 0.15) is 5.82 Å². The first-order valence-corrected chi connectivity index (χ1v) is 7.68. The Morgan fingerprint density at radius 3 is 2.50 bits per heavy atom. The van der Waals surface area contributed by atoms with Crippen LogP contribution in [0, 0.1) is 6.92 Å². The van der Waals surface area contributed by atoms with Crippen LogP contribution in [0.25, 0.3) is 0 Å². The van der Waals surface area contributed by atoms with E-state index in [9.17, 15) is 8.42 Å². The third-order valence-electron chi connectivity index (χ3n) is 2.88. The molecule has 0 aliphatic carbocycles. The number of rotatable bonds is 5. The van der Waals surface area contributed by atoms with E-state index in [2.05, 4.69) is 15.0 Å². The molecule has 0 saturated carbocycles. The highest BCUT2D eigenvalue weighted by atomic mass is 32.2. The van der Waals surface area contributed by atoms with Crippen LogP contribution in [-0.2, 0) is 16.6 Å². The van der Waals surface area contributed by atoms with Gasteiger partial charge in [-0.05, 0) is 18.6 Å². The van der Waals surface area contributed by atoms with E-state index in [1.54, 1.807) is 7.05 Å². The van der Waals surface area contributed by atoms with Crippen LogP contribution in [0.2, 0.25) is 0 Å². The lowest BCUT2D eigenvalue weighted by molar-refractivity contribution is 0.581. The zero-order valence-corrected chi connectivity index (χ0v) is 12.2. The highest BCUT2D eigenvalue weighted by Crippen LogP contribution is 2.13. The van der Waals surface area contributed by atoms with Crippen molar-refractivity contribution in [3.8, 4) is 0 Å². The number of anilines is 1. The molecule has 2 N–H and O–H groups in total. The summed E-state index contributed by atoms with van der Waals surface area (Å²) in [6.07, 6.45) is 1.46. The molecule has 5 nitrogen and oxygen atoms in total. The van der Waals surface area contributed by atoms with Crippen LogP contribution in [0.5, 0.6) is 0 Å². The second-order valence-corrected chi connectivity index (χ2v) is 6.20. The monoisotopic (exact) mass is 291 g/mol. The molecule has 2 rings (SSSR count). The van der Waals surface area contributed by atoms with Crippen molar-refractivity contribution >= 4 is 15.8 Å². The van der Waals surface area contributed by atoms with Gasteiger partial charge in [-0.15, -0.1) is 0 Å². The number of aromatic nitrogens is 1. The van der Waals surface area contributed by atoms with Crippen molar-refractivity contribution in [2.45, 2.75) is 18.4 Å². The Morgan fingerprint density at radius 2 is 1.85 bits per heavy atom. The lowest BCUT2D eigenvalue weighted by Crippen LogP contribution is -2.23. The van der Waals surface area contributed by atoms with Crippen molar-refractivity contribution in [3.63, 3.8) is 0 Å². The molecule has 6 heteroatoms. The maximum Gasteiger partial charge on any atom is 0.241 e. The molecule has 1 aromatic heterocycles. The molecular formula is C14H17N3O2S. The molecule has 0 amide bonds. The lowest BCUT2D eigenvalue weighted by Gasteiger charge is -2.08. The van der Waals surface area contributed by atoms with Crippen LogP contribution in [0.4, 0.5) is 5.82 Å². The van der Waals surface area contributed by atoms with Crippen LogP contribution in [0.1, 0.15) is 11.1 Å². The number of nitrogens with one attached hydrogen (secondary N) is 2. The number of sulfonamides is 1. The van der Waals surface area contributed by atoms with E-state index in [4.69, 9.17) is 0 Å². The van der Waals surface area contributed by atoms with Gasteiger partial charge in [-0.3, -0.25) is 0 Å². The van der Waals surface area contributed by atoms with Crippen molar-refractivity contribution in [3.05, 3.63) is 53.7 Å². The molecule has 0 radical (unpaired) electrons. The molecular weight excluding hydrogens is 274 g/mol. The van der Waals surface area contributed by atoms with Gasteiger partial charge in [0.25, 0.3) is 0 Å². The minimum Gasteiger partial charge on any atom is -0.373 e. The second-order valence-electron chi connectivity index (χ2n) is 4.44. The van der Waals surface area contributed by atoms with Crippen LogP contribution in [0.3, 0.4) is 0 Å². The number of hydrogen-bond acceptors (Lipinski definition) is 4. The molecule has 1 aromatic carbocycles. The van der Waals surface area contributed by atoms with E-state index in [-0.39, 0.29) is 11.4 Å². The molecule has 2 aromatic rings. The Labute approximate surface area is 119 Å². The summed E-state index contributed by atoms with van der Waals surface area (Å²) < 4.78 is 26.9. The quantitative estimate of drug-likeness (QED) is 0.883. The number of pyridine rings is 1. The van der Waals surface area contributed by atoms with E-state index < -0.39 is 10.0 Å². The normalized spacial score (nSPS) is 11.3. The second kappa shape index (κ2) is 6.02. The molecule has 0 unspecified atom stereocenters. The predicted octanol–water partition coefficient (Wildman–Crippen LogP) is 1.91. The summed E-state index contributed by atoms with van der Waals surface area (Å²) in [6, 6.07) is 10.7. The van der Waals surface area contributed by atoms with Crippen molar-refractivity contribution in [2.75, 3.05) is 12.4 Å². The van der Waals surface area contributed by atoms with Crippen molar-refractivity contribution < 1.29 is 8.42 Å². The zero-order valence-electron chi connectivity index (χ0n) is 11.4. The first-order valence-electron chi connectivity index (χ1n) is 6.20. The first kappa shape index (κ1) is 14.5. The number of benzene rings is 1. The van der Waals surface area contributed by atoms with Crippen molar-refractivity contribution in [1.82, 2.24) is 9.71 Å². The summed E-state index contributed by atoms with van der Waals surface area (Å²) in [6.45, 7) is 2.25. The van der Waals surface area contributed by atoms with Gasteiger partial charge in [0.05, 0.1) is 4.90 Å². The molecule has 0 aliphatic heterocycles. The molecule has 0 bridgehead atoms. The Balaban J connectivity index is 2.12. The van der Waals surface area contributed by atoms with Crippen molar-refractivity contribution in [2.24, 2.45) is 0 Å². The Kier molecular flexibility index (Phi) is 4.36. The van der Waals surface area contributed by atoms with E-state index in [1.807, 2.05) is 31.2 Å². The molecule has 106 valence electrons. The van der Waals surface area contributed by atoms with Gasteiger partial charge in [0.2, 0.25) is 10.0 Å². The SMILES string of the molecule is CNc1cc(S(=O)(=O)NCc2ccc(C)cc2)ccn1. The average molecular weight is 291 g/mol. The zero-order chi connectivity index (χ0) is 14.6. The molecule has 0 saturated heterocycles. The molecule has 20 heavy (non-hydrogen) atoms. The average Bonchev–Trinajstić information content (AvgIpc) is 2.47. The molecule has 0 aliphatic rings. The summed E-state index contributed by atoms with van der Waals surface area (Å²) in [5.74, 6) is 0.517.